The van der Waals surface area contributed by atoms with E-state index >= 15 is 0 Å². The molecule has 4 heteroatoms. The Bertz CT molecular complexity index is 288. The third kappa shape index (κ3) is 4.58. The van der Waals surface area contributed by atoms with Gasteiger partial charge in [-0.05, 0) is 38.6 Å². The monoisotopic (exact) mass is 256 g/mol. The second-order valence-electron chi connectivity index (χ2n) is 6.54. The topological polar surface area (TPSA) is 50.4 Å². The minimum absolute atomic E-state index is 0.0602. The number of piperidine rings is 1. The summed E-state index contributed by atoms with van der Waals surface area (Å²) in [6, 6.07) is 0.362. The first-order valence-electron chi connectivity index (χ1n) is 6.82. The molecule has 1 unspecified atom stereocenters. The van der Waals surface area contributed by atoms with Gasteiger partial charge in [-0.3, -0.25) is 4.79 Å². The highest BCUT2D eigenvalue weighted by atomic mass is 16.5. The Hall–Kier alpha value is -0.610. The van der Waals surface area contributed by atoms with Crippen molar-refractivity contribution in [2.75, 3.05) is 20.2 Å². The number of ether oxygens (including phenoxy) is 1. The van der Waals surface area contributed by atoms with E-state index in [0.717, 1.165) is 6.54 Å². The van der Waals surface area contributed by atoms with Crippen molar-refractivity contribution in [3.63, 3.8) is 0 Å². The first-order chi connectivity index (χ1) is 8.27. The highest BCUT2D eigenvalue weighted by Gasteiger charge is 2.32. The summed E-state index contributed by atoms with van der Waals surface area (Å²) in [7, 11) is 1.64. The zero-order valence-electron chi connectivity index (χ0n) is 12.4. The Balaban J connectivity index is 2.38. The maximum absolute atomic E-state index is 11.9. The lowest BCUT2D eigenvalue weighted by Gasteiger charge is -2.39. The first-order valence-corrected chi connectivity index (χ1v) is 6.82. The number of methoxy groups -OCH3 is 1. The second-order valence-corrected chi connectivity index (χ2v) is 6.54. The largest absolute Gasteiger partial charge is 0.378 e. The van der Waals surface area contributed by atoms with Crippen molar-refractivity contribution in [2.45, 2.75) is 58.6 Å². The molecule has 1 aliphatic heterocycles. The van der Waals surface area contributed by atoms with Crippen LogP contribution >= 0.6 is 0 Å². The molecule has 0 radical (unpaired) electrons. The van der Waals surface area contributed by atoms with Gasteiger partial charge in [-0.25, -0.2) is 0 Å². The number of nitrogens with one attached hydrogen (secondary N) is 2. The highest BCUT2D eigenvalue weighted by molar-refractivity contribution is 5.76. The average molecular weight is 256 g/mol. The molecule has 2 N–H and O–H groups in total. The zero-order valence-corrected chi connectivity index (χ0v) is 12.4. The fourth-order valence-electron chi connectivity index (χ4n) is 2.36. The Morgan fingerprint density at radius 2 is 2.17 bits per heavy atom. The normalized spacial score (nSPS) is 23.7. The van der Waals surface area contributed by atoms with Crippen molar-refractivity contribution in [3.8, 4) is 0 Å². The lowest BCUT2D eigenvalue weighted by Crippen LogP contribution is -2.53. The predicted molar refractivity (Wildman–Crippen MR) is 73.5 cm³/mol. The molecule has 106 valence electrons. The van der Waals surface area contributed by atoms with E-state index in [4.69, 9.17) is 4.74 Å². The number of carbonyl (C=O) groups excluding carboxylic acids is 1. The van der Waals surface area contributed by atoms with Crippen molar-refractivity contribution in [3.05, 3.63) is 0 Å². The van der Waals surface area contributed by atoms with E-state index < -0.39 is 0 Å². The van der Waals surface area contributed by atoms with Crippen LogP contribution < -0.4 is 10.6 Å². The molecule has 1 fully saturated rings. The molecule has 0 aromatic heterocycles. The van der Waals surface area contributed by atoms with Crippen LogP contribution in [0.15, 0.2) is 0 Å². The molecule has 0 spiro atoms. The number of carbonyl (C=O) groups is 1. The summed E-state index contributed by atoms with van der Waals surface area (Å²) < 4.78 is 5.26. The summed E-state index contributed by atoms with van der Waals surface area (Å²) in [4.78, 5) is 11.9. The van der Waals surface area contributed by atoms with Gasteiger partial charge in [0.1, 0.15) is 0 Å². The lowest BCUT2D eigenvalue weighted by atomic mass is 9.77. The van der Waals surface area contributed by atoms with E-state index in [-0.39, 0.29) is 16.9 Å². The zero-order chi connectivity index (χ0) is 13.8. The van der Waals surface area contributed by atoms with Gasteiger partial charge in [-0.15, -0.1) is 0 Å². The third-order valence-electron chi connectivity index (χ3n) is 3.97. The van der Waals surface area contributed by atoms with Crippen molar-refractivity contribution in [1.29, 1.82) is 0 Å². The standard InChI is InChI=1S/C14H28N2O2/c1-13(2)7-6-8-15-11(13)10-16-12(17)9-14(3,4)18-5/h11,15H,6-10H2,1-5H3,(H,16,17). The molecule has 1 heterocycles. The number of hydrogen-bond donors (Lipinski definition) is 2. The Kier molecular flexibility index (Phi) is 5.17. The minimum atomic E-state index is -0.389. The van der Waals surface area contributed by atoms with Crippen molar-refractivity contribution in [1.82, 2.24) is 10.6 Å². The molecule has 0 aliphatic carbocycles. The third-order valence-corrected chi connectivity index (χ3v) is 3.97. The number of hydrogen-bond acceptors (Lipinski definition) is 3. The van der Waals surface area contributed by atoms with Gasteiger partial charge in [-0.2, -0.15) is 0 Å². The smallest absolute Gasteiger partial charge is 0.222 e. The van der Waals surface area contributed by atoms with Crippen molar-refractivity contribution < 1.29 is 9.53 Å². The molecule has 1 rings (SSSR count). The summed E-state index contributed by atoms with van der Waals surface area (Å²) in [6.07, 6.45) is 2.83. The summed E-state index contributed by atoms with van der Waals surface area (Å²) in [5, 5.41) is 6.51. The van der Waals surface area contributed by atoms with Gasteiger partial charge in [0.25, 0.3) is 0 Å². The molecule has 1 atom stereocenters. The van der Waals surface area contributed by atoms with E-state index in [1.165, 1.54) is 12.8 Å². The minimum Gasteiger partial charge on any atom is -0.378 e. The molecule has 0 aromatic carbocycles. The average Bonchev–Trinajstić information content (AvgIpc) is 2.26. The first kappa shape index (κ1) is 15.4. The van der Waals surface area contributed by atoms with Crippen LogP contribution in [0.1, 0.15) is 47.0 Å². The Morgan fingerprint density at radius 3 is 2.72 bits per heavy atom. The predicted octanol–water partition coefficient (Wildman–Crippen LogP) is 1.70. The van der Waals surface area contributed by atoms with Gasteiger partial charge in [0, 0.05) is 19.7 Å². The van der Waals surface area contributed by atoms with Gasteiger partial charge in [-0.1, -0.05) is 13.8 Å². The van der Waals surface area contributed by atoms with Crippen LogP contribution in [0.2, 0.25) is 0 Å². The molecule has 0 aromatic rings. The van der Waals surface area contributed by atoms with E-state index in [9.17, 15) is 4.79 Å². The summed E-state index contributed by atoms with van der Waals surface area (Å²) in [5.74, 6) is 0.0602. The number of amides is 1. The molecule has 18 heavy (non-hydrogen) atoms. The van der Waals surface area contributed by atoms with Crippen molar-refractivity contribution >= 4 is 5.91 Å². The van der Waals surface area contributed by atoms with Crippen LogP contribution in [0.25, 0.3) is 0 Å². The van der Waals surface area contributed by atoms with E-state index in [1.54, 1.807) is 7.11 Å². The van der Waals surface area contributed by atoms with E-state index in [0.29, 0.717) is 19.0 Å². The molecule has 1 aliphatic rings. The van der Waals surface area contributed by atoms with Crippen LogP contribution in [0.3, 0.4) is 0 Å². The van der Waals surface area contributed by atoms with Crippen LogP contribution in [-0.4, -0.2) is 37.7 Å². The molecule has 0 saturated carbocycles. The summed E-state index contributed by atoms with van der Waals surface area (Å²) in [6.45, 7) is 10.1. The maximum Gasteiger partial charge on any atom is 0.222 e. The van der Waals surface area contributed by atoms with Gasteiger partial charge < -0.3 is 15.4 Å². The highest BCUT2D eigenvalue weighted by Crippen LogP contribution is 2.29. The van der Waals surface area contributed by atoms with Gasteiger partial charge >= 0.3 is 0 Å². The molecule has 0 bridgehead atoms. The molecular formula is C14H28N2O2. The van der Waals surface area contributed by atoms with Gasteiger partial charge in [0.05, 0.1) is 12.0 Å². The Labute approximate surface area is 111 Å². The van der Waals surface area contributed by atoms with Crippen LogP contribution in [0, 0.1) is 5.41 Å². The van der Waals surface area contributed by atoms with Crippen molar-refractivity contribution in [2.24, 2.45) is 5.41 Å². The van der Waals surface area contributed by atoms with Gasteiger partial charge in [0.15, 0.2) is 0 Å². The van der Waals surface area contributed by atoms with E-state index in [2.05, 4.69) is 24.5 Å². The summed E-state index contributed by atoms with van der Waals surface area (Å²) in [5.41, 5.74) is -0.137. The molecule has 1 amide bonds. The molecule has 4 nitrogen and oxygen atoms in total. The molecular weight excluding hydrogens is 228 g/mol. The molecule has 1 saturated heterocycles. The Morgan fingerprint density at radius 1 is 1.50 bits per heavy atom. The SMILES string of the molecule is COC(C)(C)CC(=O)NCC1NCCCC1(C)C. The summed E-state index contributed by atoms with van der Waals surface area (Å²) >= 11 is 0. The van der Waals surface area contributed by atoms with Crippen LogP contribution in [-0.2, 0) is 9.53 Å². The van der Waals surface area contributed by atoms with Crippen LogP contribution in [0.5, 0.6) is 0 Å². The fraction of sp³-hybridized carbons (Fsp3) is 0.929. The number of rotatable bonds is 5. The lowest BCUT2D eigenvalue weighted by molar-refractivity contribution is -0.126. The van der Waals surface area contributed by atoms with Gasteiger partial charge in [0.2, 0.25) is 5.91 Å². The van der Waals surface area contributed by atoms with Crippen LogP contribution in [0.4, 0.5) is 0 Å². The quantitative estimate of drug-likeness (QED) is 0.787. The fourth-order valence-corrected chi connectivity index (χ4v) is 2.36. The van der Waals surface area contributed by atoms with E-state index in [1.807, 2.05) is 13.8 Å². The second kappa shape index (κ2) is 6.02. The maximum atomic E-state index is 11.9.